The van der Waals surface area contributed by atoms with E-state index in [-0.39, 0.29) is 27.9 Å². The number of halogens is 2. The Balaban J connectivity index is 0.00000196. The molecule has 161 valence electrons. The summed E-state index contributed by atoms with van der Waals surface area (Å²) in [7, 11) is -6.14. The molecule has 1 aliphatic rings. The molecule has 1 N–H and O–H groups in total. The normalized spacial score (nSPS) is 24.5. The van der Waals surface area contributed by atoms with Crippen LogP contribution in [0.15, 0.2) is 51.8 Å². The fourth-order valence-electron chi connectivity index (χ4n) is 5.05. The number of fused-ring (bicyclic) bond motifs is 1. The van der Waals surface area contributed by atoms with Gasteiger partial charge in [-0.05, 0) is 0 Å². The van der Waals surface area contributed by atoms with Crippen molar-refractivity contribution in [2.24, 2.45) is 0 Å². The van der Waals surface area contributed by atoms with E-state index >= 15 is 0 Å². The maximum absolute atomic E-state index is 6.14. The third-order valence-electron chi connectivity index (χ3n) is 12.6. The number of nitrogens with one attached hydrogen (secondary N) is 1. The first-order valence-corrected chi connectivity index (χ1v) is 34.6. The summed E-state index contributed by atoms with van der Waals surface area (Å²) < 4.78 is 18.8. The van der Waals surface area contributed by atoms with Crippen LogP contribution >= 0.6 is 24.8 Å². The Kier molecular flexibility index (Phi) is 3.15. The van der Waals surface area contributed by atoms with Gasteiger partial charge in [0.25, 0.3) is 0 Å². The van der Waals surface area contributed by atoms with E-state index in [1.165, 1.54) is 14.3 Å². The first-order valence-electron chi connectivity index (χ1n) is 10.2. The van der Waals surface area contributed by atoms with Gasteiger partial charge >= 0.3 is 146 Å². The summed E-state index contributed by atoms with van der Waals surface area (Å²) in [6.07, 6.45) is 7.99. The number of hydrogen-bond acceptors (Lipinski definition) is 0. The van der Waals surface area contributed by atoms with E-state index in [4.69, 9.17) is 0 Å². The van der Waals surface area contributed by atoms with Crippen molar-refractivity contribution >= 4 is 46.0 Å². The van der Waals surface area contributed by atoms with Crippen molar-refractivity contribution in [1.82, 2.24) is 4.98 Å². The van der Waals surface area contributed by atoms with E-state index in [2.05, 4.69) is 109 Å². The zero-order valence-corrected chi connectivity index (χ0v) is 24.9. The Hall–Kier alpha value is -0.0800. The molecule has 0 atom stereocenters. The molecule has 0 radical (unpaired) electrons. The summed E-state index contributed by atoms with van der Waals surface area (Å²) in [4.78, 5) is 3.97. The second kappa shape index (κ2) is 3.40. The molecule has 3 rings (SSSR count). The zero-order chi connectivity index (χ0) is 20.2. The second-order valence-corrected chi connectivity index (χ2v) is 133. The monoisotopic (exact) mass is 520 g/mol. The molecule has 0 unspecified atom stereocenters. The molecule has 0 amide bonds. The van der Waals surface area contributed by atoms with Crippen LogP contribution in [0.25, 0.3) is 10.9 Å². The predicted octanol–water partition coefficient (Wildman–Crippen LogP) is 7.90. The number of benzene rings is 1. The largest absolute Gasteiger partial charge is 0.147 e. The Bertz CT molecular complexity index is 1300. The number of hydrogen-bond donors (Lipinski definition) is 1. The molecule has 2 aromatic rings. The molecule has 0 bridgehead atoms. The maximum atomic E-state index is 3.97. The Labute approximate surface area is 169 Å². The number of allylic oxidation sites excluding steroid dienone is 4. The van der Waals surface area contributed by atoms with Crippen LogP contribution in [-0.2, 0) is 9.98 Å². The third kappa shape index (κ3) is 2.04. The quantitative estimate of drug-likeness (QED) is 0.386. The van der Waals surface area contributed by atoms with Gasteiger partial charge in [0.05, 0.1) is 0 Å². The molecular weight excluding hydrogens is 480 g/mol. The van der Waals surface area contributed by atoms with Crippen molar-refractivity contribution in [3.63, 3.8) is 0 Å². The van der Waals surface area contributed by atoms with Crippen LogP contribution < -0.4 is 3.40 Å². The van der Waals surface area contributed by atoms with E-state index < -0.39 is 9.98 Å². The first-order chi connectivity index (χ1) is 10.8. The Morgan fingerprint density at radius 1 is 0.929 bits per heavy atom. The minimum Gasteiger partial charge on any atom is -0.147 e. The van der Waals surface area contributed by atoms with Gasteiger partial charge in [-0.25, -0.2) is 0 Å². The van der Waals surface area contributed by atoms with E-state index in [9.17, 15) is 0 Å². The van der Waals surface area contributed by atoms with Gasteiger partial charge in [0.1, 0.15) is 0 Å². The molecule has 0 aliphatic heterocycles. The fourth-order valence-corrected chi connectivity index (χ4v) is 26.3. The molecule has 0 spiro atoms. The summed E-state index contributed by atoms with van der Waals surface area (Å²) >= 11 is 0. The number of aromatic amines is 1. The molecule has 0 saturated heterocycles. The molecule has 1 aromatic carbocycles. The van der Waals surface area contributed by atoms with Crippen LogP contribution in [0.1, 0.15) is 27.2 Å². The van der Waals surface area contributed by atoms with Gasteiger partial charge in [-0.3, -0.25) is 0 Å². The van der Waals surface area contributed by atoms with Crippen LogP contribution in [0.2, 0.25) is 30.9 Å². The van der Waals surface area contributed by atoms with Gasteiger partial charge in [0.15, 0.2) is 0 Å². The average molecular weight is 523 g/mol. The average Bonchev–Trinajstić information content (AvgIpc) is 3.07. The van der Waals surface area contributed by atoms with Crippen molar-refractivity contribution in [3.05, 3.63) is 51.8 Å². The summed E-state index contributed by atoms with van der Waals surface area (Å²) in [5.41, 5.74) is 1.22. The van der Waals surface area contributed by atoms with Crippen LogP contribution in [0, 0.1) is 0 Å². The second-order valence-electron chi connectivity index (χ2n) is 20.9. The van der Waals surface area contributed by atoms with E-state index in [0.29, 0.717) is 0 Å². The zero-order valence-electron chi connectivity index (χ0n) is 19.3. The molecular formula is C23H42Cl2NSiZr. The Morgan fingerprint density at radius 3 is 1.89 bits per heavy atom. The number of aromatic nitrogens is 1. The van der Waals surface area contributed by atoms with Crippen molar-refractivity contribution in [2.75, 3.05) is 0 Å². The Morgan fingerprint density at radius 2 is 1.46 bits per heavy atom. The molecule has 5 heteroatoms. The van der Waals surface area contributed by atoms with Gasteiger partial charge in [-0.1, -0.05) is 0 Å². The van der Waals surface area contributed by atoms with Crippen molar-refractivity contribution in [1.29, 1.82) is 0 Å². The van der Waals surface area contributed by atoms with Crippen molar-refractivity contribution < 1.29 is 9.98 Å². The number of H-pyrrole nitrogens is 1. The predicted molar refractivity (Wildman–Crippen MR) is 138 cm³/mol. The molecule has 1 aromatic heterocycles. The SMILES string of the molecule is C[C](C)(C)[Zr]([CH3])([CH3])([CH3])([CH3])([CH3])([CH3])(=[SiH2])([C]1=CC=CC1)[c]1cc2ccccc2[nH]1.Cl.Cl. The van der Waals surface area contributed by atoms with Crippen LogP contribution in [0.4, 0.5) is 0 Å². The van der Waals surface area contributed by atoms with Gasteiger partial charge in [-0.15, -0.1) is 24.8 Å². The maximum Gasteiger partial charge on any atom is -0.147 e. The summed E-state index contributed by atoms with van der Waals surface area (Å²) in [5.74, 6) is 0. The van der Waals surface area contributed by atoms with Crippen LogP contribution in [0.3, 0.4) is 0 Å². The molecule has 1 heterocycles. The van der Waals surface area contributed by atoms with Gasteiger partial charge in [0.2, 0.25) is 0 Å². The topological polar surface area (TPSA) is 15.8 Å². The summed E-state index contributed by atoms with van der Waals surface area (Å²) in [6, 6.07) is 11.1. The summed E-state index contributed by atoms with van der Waals surface area (Å²) in [5, 5.41) is 1.29. The van der Waals surface area contributed by atoms with Gasteiger partial charge in [-0.2, -0.15) is 0 Å². The van der Waals surface area contributed by atoms with Crippen LogP contribution in [-0.4, -0.2) is 11.9 Å². The van der Waals surface area contributed by atoms with E-state index in [1.807, 2.05) is 0 Å². The van der Waals surface area contributed by atoms with Crippen LogP contribution in [0.5, 0.6) is 0 Å². The first kappa shape index (κ1) is 26.0. The minimum absolute atomic E-state index is 0. The standard InChI is InChI=1S/C8H6N.C5H5.C4H9.6CH3.2ClH.H2Si.Zr/c1-2-4-8-7(3-1)5-6-9-8;1-2-4-5-3-1;1-4(2)3;;;;;;;;;;/h1-5,9H;1-3H,4H2;1-3H3;6*1H3;2*1H;1H2;. The minimum atomic E-state index is -6.14. The molecule has 0 saturated carbocycles. The fraction of sp³-hybridized carbons (Fsp3) is 0.478. The summed E-state index contributed by atoms with van der Waals surface area (Å²) in [6.45, 7) is 9.69. The van der Waals surface area contributed by atoms with Gasteiger partial charge in [0, 0.05) is 0 Å². The van der Waals surface area contributed by atoms with Crippen molar-refractivity contribution in [2.45, 2.75) is 58.1 Å². The number of rotatable bonds is 2. The number of para-hydroxylation sites is 1. The van der Waals surface area contributed by atoms with E-state index in [1.54, 1.807) is 3.28 Å². The molecule has 1 aliphatic carbocycles. The van der Waals surface area contributed by atoms with Gasteiger partial charge < -0.3 is 0 Å². The molecule has 0 fully saturated rings. The van der Waals surface area contributed by atoms with Crippen molar-refractivity contribution in [3.8, 4) is 0 Å². The third-order valence-corrected chi connectivity index (χ3v) is 76.2. The molecule has 28 heavy (non-hydrogen) atoms. The smallest absolute Gasteiger partial charge is 0.147 e. The molecule has 1 nitrogen and oxygen atoms in total. The van der Waals surface area contributed by atoms with E-state index in [0.717, 1.165) is 6.42 Å².